The molecule has 0 nitrogen and oxygen atoms in total. The number of hydrogen-bond acceptors (Lipinski definition) is 0. The number of rotatable bonds is 0. The van der Waals surface area contributed by atoms with Crippen molar-refractivity contribution in [3.05, 3.63) is 35.2 Å². The zero-order chi connectivity index (χ0) is 12.9. The van der Waals surface area contributed by atoms with Gasteiger partial charge in [-0.1, -0.05) is 0 Å². The van der Waals surface area contributed by atoms with Gasteiger partial charge in [0.15, 0.2) is 23.3 Å². The van der Waals surface area contributed by atoms with Crippen LogP contribution in [-0.4, -0.2) is 0 Å². The van der Waals surface area contributed by atoms with Crippen LogP contribution in [0.5, 0.6) is 0 Å². The average Bonchev–Trinajstić information content (AvgIpc) is 2.28. The minimum atomic E-state index is -1.53. The number of fused-ring (bicyclic) bond motifs is 1. The van der Waals surface area contributed by atoms with Gasteiger partial charge in [-0.3, -0.25) is 0 Å². The maximum atomic E-state index is 13.5. The summed E-state index contributed by atoms with van der Waals surface area (Å²) in [7, 11) is 3.80. The summed E-state index contributed by atoms with van der Waals surface area (Å²) in [6.45, 7) is 0. The summed E-state index contributed by atoms with van der Waals surface area (Å²) in [5, 5.41) is -1.93. The van der Waals surface area contributed by atoms with Crippen molar-refractivity contribution >= 4 is 39.9 Å². The van der Waals surface area contributed by atoms with Crippen LogP contribution in [0.2, 0.25) is 0 Å². The van der Waals surface area contributed by atoms with E-state index in [0.717, 1.165) is 0 Å². The first-order chi connectivity index (χ1) is 7.86. The second-order valence-corrected chi connectivity index (χ2v) is 4.51. The van der Waals surface area contributed by atoms with Crippen molar-refractivity contribution in [2.45, 2.75) is 0 Å². The highest BCUT2D eigenvalue weighted by Gasteiger charge is 2.23. The highest BCUT2D eigenvalue weighted by molar-refractivity contribution is 7.36. The van der Waals surface area contributed by atoms with Crippen LogP contribution >= 0.6 is 18.5 Å². The van der Waals surface area contributed by atoms with Crippen molar-refractivity contribution in [2.75, 3.05) is 0 Å². The van der Waals surface area contributed by atoms with Crippen LogP contribution in [0.15, 0.2) is 6.07 Å². The van der Waals surface area contributed by atoms with Crippen LogP contribution < -0.4 is 10.6 Å². The van der Waals surface area contributed by atoms with E-state index < -0.39 is 39.9 Å². The standard InChI is InChI=1S/C10H5F5P2/c11-2-1-3(12)6(13)5-4(2)7(14)8(15)10(17)9(5)16/h1H,16-17H2. The molecule has 2 aromatic rings. The highest BCUT2D eigenvalue weighted by atomic mass is 31.0. The molecule has 0 spiro atoms. The van der Waals surface area contributed by atoms with Gasteiger partial charge in [0.1, 0.15) is 5.82 Å². The van der Waals surface area contributed by atoms with Gasteiger partial charge in [-0.2, -0.15) is 0 Å². The summed E-state index contributed by atoms with van der Waals surface area (Å²) < 4.78 is 66.7. The van der Waals surface area contributed by atoms with Crippen molar-refractivity contribution in [3.8, 4) is 0 Å². The van der Waals surface area contributed by atoms with E-state index in [-0.39, 0.29) is 16.7 Å². The summed E-state index contributed by atoms with van der Waals surface area (Å²) in [6.07, 6.45) is 0. The summed E-state index contributed by atoms with van der Waals surface area (Å²) in [5.74, 6) is -7.04. The van der Waals surface area contributed by atoms with Crippen LogP contribution in [0, 0.1) is 29.1 Å². The molecule has 0 aliphatic carbocycles. The molecule has 2 rings (SSSR count). The molecule has 7 heteroatoms. The Bertz CT molecular complexity index is 639. The lowest BCUT2D eigenvalue weighted by molar-refractivity contribution is 0.496. The van der Waals surface area contributed by atoms with E-state index in [9.17, 15) is 22.0 Å². The Labute approximate surface area is 97.6 Å². The molecule has 0 saturated carbocycles. The van der Waals surface area contributed by atoms with E-state index in [1.54, 1.807) is 0 Å². The van der Waals surface area contributed by atoms with Gasteiger partial charge in [-0.05, 0) is 5.30 Å². The number of halogens is 5. The second kappa shape index (κ2) is 4.15. The second-order valence-electron chi connectivity index (χ2n) is 3.36. The molecule has 0 radical (unpaired) electrons. The molecule has 2 atom stereocenters. The van der Waals surface area contributed by atoms with Gasteiger partial charge in [-0.25, -0.2) is 22.0 Å². The van der Waals surface area contributed by atoms with Crippen molar-refractivity contribution in [1.29, 1.82) is 0 Å². The first-order valence-corrected chi connectivity index (χ1v) is 5.50. The molecule has 17 heavy (non-hydrogen) atoms. The minimum absolute atomic E-state index is 0.139. The Balaban J connectivity index is 3.17. The highest BCUT2D eigenvalue weighted by Crippen LogP contribution is 2.27. The van der Waals surface area contributed by atoms with Gasteiger partial charge in [0, 0.05) is 16.8 Å². The normalized spacial score (nSPS) is 11.2. The minimum Gasteiger partial charge on any atom is -0.206 e. The van der Waals surface area contributed by atoms with Crippen molar-refractivity contribution in [3.63, 3.8) is 0 Å². The maximum Gasteiger partial charge on any atom is 0.170 e. The molecule has 0 bridgehead atoms. The molecule has 0 aliphatic heterocycles. The topological polar surface area (TPSA) is 0 Å². The third-order valence-electron chi connectivity index (χ3n) is 2.38. The molecule has 2 aromatic carbocycles. The predicted octanol–water partition coefficient (Wildman–Crippen LogP) is 2.54. The molecule has 0 heterocycles. The average molecular weight is 282 g/mol. The quantitative estimate of drug-likeness (QED) is 0.396. The van der Waals surface area contributed by atoms with Gasteiger partial charge in [0.2, 0.25) is 0 Å². The molecule has 0 N–H and O–H groups in total. The van der Waals surface area contributed by atoms with Crippen LogP contribution in [0.3, 0.4) is 0 Å². The Kier molecular flexibility index (Phi) is 3.09. The van der Waals surface area contributed by atoms with E-state index in [2.05, 4.69) is 0 Å². The van der Waals surface area contributed by atoms with Gasteiger partial charge < -0.3 is 0 Å². The molecule has 0 aliphatic rings. The summed E-state index contributed by atoms with van der Waals surface area (Å²) in [5.41, 5.74) is 0. The van der Waals surface area contributed by atoms with Gasteiger partial charge in [-0.15, -0.1) is 18.5 Å². The largest absolute Gasteiger partial charge is 0.206 e. The fraction of sp³-hybridized carbons (Fsp3) is 0. The first kappa shape index (κ1) is 12.7. The van der Waals surface area contributed by atoms with E-state index in [1.807, 2.05) is 18.5 Å². The maximum absolute atomic E-state index is 13.5. The zero-order valence-electron chi connectivity index (χ0n) is 8.12. The van der Waals surface area contributed by atoms with Crippen LogP contribution in [0.1, 0.15) is 0 Å². The Hall–Kier alpha value is -0.790. The van der Waals surface area contributed by atoms with E-state index >= 15 is 0 Å². The van der Waals surface area contributed by atoms with E-state index in [1.165, 1.54) is 0 Å². The SMILES string of the molecule is Fc1cc(F)c2c(F)c(F)c(P)c(P)c2c1F. The number of hydrogen-bond donors (Lipinski definition) is 0. The van der Waals surface area contributed by atoms with Crippen LogP contribution in [0.4, 0.5) is 22.0 Å². The zero-order valence-corrected chi connectivity index (χ0v) is 10.4. The Morgan fingerprint density at radius 3 is 1.82 bits per heavy atom. The fourth-order valence-corrected chi connectivity index (χ4v) is 2.21. The molecular weight excluding hydrogens is 277 g/mol. The van der Waals surface area contributed by atoms with E-state index in [0.29, 0.717) is 0 Å². The summed E-state index contributed by atoms with van der Waals surface area (Å²) >= 11 is 0. The predicted molar refractivity (Wildman–Crippen MR) is 62.4 cm³/mol. The lowest BCUT2D eigenvalue weighted by Crippen LogP contribution is -2.20. The molecule has 0 saturated heterocycles. The van der Waals surface area contributed by atoms with Crippen molar-refractivity contribution in [1.82, 2.24) is 0 Å². The molecule has 0 aromatic heterocycles. The third-order valence-corrected chi connectivity index (χ3v) is 3.88. The first-order valence-electron chi connectivity index (χ1n) is 4.35. The van der Waals surface area contributed by atoms with Crippen molar-refractivity contribution < 1.29 is 22.0 Å². The molecule has 2 unspecified atom stereocenters. The summed E-state index contributed by atoms with van der Waals surface area (Å²) in [4.78, 5) is 0. The Morgan fingerprint density at radius 2 is 1.24 bits per heavy atom. The lowest BCUT2D eigenvalue weighted by Gasteiger charge is -2.10. The van der Waals surface area contributed by atoms with Crippen LogP contribution in [0.25, 0.3) is 10.8 Å². The Morgan fingerprint density at radius 1 is 0.647 bits per heavy atom. The smallest absolute Gasteiger partial charge is 0.170 e. The fourth-order valence-electron chi connectivity index (χ4n) is 1.54. The van der Waals surface area contributed by atoms with E-state index in [4.69, 9.17) is 0 Å². The molecule has 90 valence electrons. The van der Waals surface area contributed by atoms with Crippen LogP contribution in [-0.2, 0) is 0 Å². The third kappa shape index (κ3) is 1.73. The molecular formula is C10H5F5P2. The van der Waals surface area contributed by atoms with Gasteiger partial charge >= 0.3 is 0 Å². The summed E-state index contributed by atoms with van der Waals surface area (Å²) in [6, 6.07) is 0.187. The number of benzene rings is 2. The lowest BCUT2D eigenvalue weighted by atomic mass is 10.1. The van der Waals surface area contributed by atoms with Gasteiger partial charge in [0.25, 0.3) is 0 Å². The molecule has 0 amide bonds. The van der Waals surface area contributed by atoms with Gasteiger partial charge in [0.05, 0.1) is 5.39 Å². The monoisotopic (exact) mass is 282 g/mol. The molecule has 0 fully saturated rings. The van der Waals surface area contributed by atoms with Crippen molar-refractivity contribution in [2.24, 2.45) is 0 Å².